The normalized spacial score (nSPS) is 10.4. The summed E-state index contributed by atoms with van der Waals surface area (Å²) in [4.78, 5) is 14.4. The SMILES string of the molecule is Nc1ccc(F)c2ccnc(NCC(=O)O)c12. The molecule has 1 aromatic heterocycles. The number of benzene rings is 1. The van der Waals surface area contributed by atoms with Gasteiger partial charge < -0.3 is 16.2 Å². The van der Waals surface area contributed by atoms with E-state index in [4.69, 9.17) is 10.8 Å². The Labute approximate surface area is 96.1 Å². The number of hydrogen-bond acceptors (Lipinski definition) is 4. The van der Waals surface area contributed by atoms with E-state index in [-0.39, 0.29) is 12.4 Å². The Hall–Kier alpha value is -2.37. The average molecular weight is 235 g/mol. The average Bonchev–Trinajstić information content (AvgIpc) is 2.31. The van der Waals surface area contributed by atoms with E-state index in [9.17, 15) is 9.18 Å². The van der Waals surface area contributed by atoms with Crippen LogP contribution in [0.4, 0.5) is 15.9 Å². The number of aliphatic carboxylic acids is 1. The van der Waals surface area contributed by atoms with Crippen molar-refractivity contribution in [2.45, 2.75) is 0 Å². The number of hydrogen-bond donors (Lipinski definition) is 3. The summed E-state index contributed by atoms with van der Waals surface area (Å²) in [7, 11) is 0. The van der Waals surface area contributed by atoms with Crippen molar-refractivity contribution >= 4 is 28.2 Å². The first-order valence-electron chi connectivity index (χ1n) is 4.88. The van der Waals surface area contributed by atoms with E-state index in [0.717, 1.165) is 0 Å². The molecule has 17 heavy (non-hydrogen) atoms. The van der Waals surface area contributed by atoms with E-state index in [1.54, 1.807) is 0 Å². The number of pyridine rings is 1. The fourth-order valence-electron chi connectivity index (χ4n) is 1.58. The molecule has 0 saturated heterocycles. The number of rotatable bonds is 3. The third kappa shape index (κ3) is 2.10. The largest absolute Gasteiger partial charge is 0.480 e. The van der Waals surface area contributed by atoms with Gasteiger partial charge in [0.05, 0.1) is 5.39 Å². The number of fused-ring (bicyclic) bond motifs is 1. The van der Waals surface area contributed by atoms with Gasteiger partial charge in [0.1, 0.15) is 18.2 Å². The molecule has 0 bridgehead atoms. The molecular formula is C11H10FN3O2. The zero-order valence-corrected chi connectivity index (χ0v) is 8.77. The van der Waals surface area contributed by atoms with Crippen LogP contribution in [0.25, 0.3) is 10.8 Å². The lowest BCUT2D eigenvalue weighted by atomic mass is 10.1. The maximum absolute atomic E-state index is 13.5. The molecule has 0 fully saturated rings. The molecule has 0 aliphatic carbocycles. The van der Waals surface area contributed by atoms with Crippen LogP contribution in [-0.2, 0) is 4.79 Å². The molecule has 0 radical (unpaired) electrons. The third-order valence-electron chi connectivity index (χ3n) is 2.31. The molecule has 5 nitrogen and oxygen atoms in total. The zero-order valence-electron chi connectivity index (χ0n) is 8.77. The molecule has 0 unspecified atom stereocenters. The van der Waals surface area contributed by atoms with Crippen LogP contribution in [0.2, 0.25) is 0 Å². The number of nitrogens with one attached hydrogen (secondary N) is 1. The molecule has 0 saturated carbocycles. The second-order valence-corrected chi connectivity index (χ2v) is 3.47. The minimum Gasteiger partial charge on any atom is -0.480 e. The summed E-state index contributed by atoms with van der Waals surface area (Å²) in [6.07, 6.45) is 1.40. The van der Waals surface area contributed by atoms with Gasteiger partial charge >= 0.3 is 5.97 Å². The molecule has 0 atom stereocenters. The van der Waals surface area contributed by atoms with Gasteiger partial charge in [0.15, 0.2) is 0 Å². The number of carboxylic acid groups (broad SMARTS) is 1. The molecule has 0 aliphatic heterocycles. The van der Waals surface area contributed by atoms with Crippen molar-refractivity contribution in [1.82, 2.24) is 4.98 Å². The highest BCUT2D eigenvalue weighted by molar-refractivity contribution is 6.01. The summed E-state index contributed by atoms with van der Waals surface area (Å²) in [5.41, 5.74) is 6.09. The van der Waals surface area contributed by atoms with E-state index in [1.807, 2.05) is 0 Å². The van der Waals surface area contributed by atoms with Gasteiger partial charge in [-0.1, -0.05) is 0 Å². The van der Waals surface area contributed by atoms with Crippen molar-refractivity contribution in [3.63, 3.8) is 0 Å². The molecule has 0 spiro atoms. The molecule has 2 rings (SSSR count). The highest BCUT2D eigenvalue weighted by atomic mass is 19.1. The number of aromatic nitrogens is 1. The maximum atomic E-state index is 13.5. The second-order valence-electron chi connectivity index (χ2n) is 3.47. The lowest BCUT2D eigenvalue weighted by Gasteiger charge is -2.09. The predicted octanol–water partition coefficient (Wildman–Crippen LogP) is 1.45. The molecule has 4 N–H and O–H groups in total. The van der Waals surface area contributed by atoms with Crippen molar-refractivity contribution in [1.29, 1.82) is 0 Å². The Kier molecular flexibility index (Phi) is 2.78. The van der Waals surface area contributed by atoms with Crippen LogP contribution in [-0.4, -0.2) is 22.6 Å². The van der Waals surface area contributed by atoms with Crippen LogP contribution >= 0.6 is 0 Å². The van der Waals surface area contributed by atoms with Crippen LogP contribution in [0.15, 0.2) is 24.4 Å². The molecule has 0 aliphatic rings. The minimum atomic E-state index is -1.03. The van der Waals surface area contributed by atoms with E-state index >= 15 is 0 Å². The predicted molar refractivity (Wildman–Crippen MR) is 62.2 cm³/mol. The number of nitrogen functional groups attached to an aromatic ring is 1. The summed E-state index contributed by atoms with van der Waals surface area (Å²) in [6.45, 7) is -0.304. The van der Waals surface area contributed by atoms with Crippen molar-refractivity contribution < 1.29 is 14.3 Å². The fourth-order valence-corrected chi connectivity index (χ4v) is 1.58. The molecule has 0 amide bonds. The highest BCUT2D eigenvalue weighted by Gasteiger charge is 2.10. The summed E-state index contributed by atoms with van der Waals surface area (Å²) < 4.78 is 13.5. The standard InChI is InChI=1S/C11H10FN3O2/c12-7-1-2-8(13)10-6(7)3-4-14-11(10)15-5-9(16)17/h1-4H,5,13H2,(H,14,15)(H,16,17). The number of nitrogens with two attached hydrogens (primary N) is 1. The van der Waals surface area contributed by atoms with Crippen molar-refractivity contribution in [3.05, 3.63) is 30.2 Å². The highest BCUT2D eigenvalue weighted by Crippen LogP contribution is 2.28. The van der Waals surface area contributed by atoms with E-state index in [0.29, 0.717) is 16.5 Å². The first kappa shape index (κ1) is 11.1. The van der Waals surface area contributed by atoms with Crippen molar-refractivity contribution in [2.75, 3.05) is 17.6 Å². The fraction of sp³-hybridized carbons (Fsp3) is 0.0909. The van der Waals surface area contributed by atoms with Gasteiger partial charge in [0.25, 0.3) is 0 Å². The first-order chi connectivity index (χ1) is 8.09. The monoisotopic (exact) mass is 235 g/mol. The van der Waals surface area contributed by atoms with Crippen LogP contribution in [0, 0.1) is 5.82 Å². The quantitative estimate of drug-likeness (QED) is 0.701. The van der Waals surface area contributed by atoms with Crippen molar-refractivity contribution in [3.8, 4) is 0 Å². The summed E-state index contributed by atoms with van der Waals surface area (Å²) in [5, 5.41) is 11.9. The summed E-state index contributed by atoms with van der Waals surface area (Å²) in [5.74, 6) is -1.18. The van der Waals surface area contributed by atoms with Gasteiger partial charge in [-0.3, -0.25) is 4.79 Å². The molecule has 6 heteroatoms. The van der Waals surface area contributed by atoms with E-state index in [2.05, 4.69) is 10.3 Å². The topological polar surface area (TPSA) is 88.2 Å². The Morgan fingerprint density at radius 2 is 2.24 bits per heavy atom. The van der Waals surface area contributed by atoms with E-state index < -0.39 is 11.8 Å². The number of nitrogens with zero attached hydrogens (tertiary/aromatic N) is 1. The van der Waals surface area contributed by atoms with Crippen LogP contribution in [0.1, 0.15) is 0 Å². The lowest BCUT2D eigenvalue weighted by Crippen LogP contribution is -2.13. The number of carboxylic acids is 1. The second kappa shape index (κ2) is 4.25. The lowest BCUT2D eigenvalue weighted by molar-refractivity contribution is -0.134. The van der Waals surface area contributed by atoms with Gasteiger partial charge in [-0.05, 0) is 18.2 Å². The number of anilines is 2. The summed E-state index contributed by atoms with van der Waals surface area (Å²) >= 11 is 0. The van der Waals surface area contributed by atoms with Gasteiger partial charge in [-0.15, -0.1) is 0 Å². The van der Waals surface area contributed by atoms with Gasteiger partial charge in [0.2, 0.25) is 0 Å². The number of halogens is 1. The Morgan fingerprint density at radius 1 is 1.47 bits per heavy atom. The molecule has 1 aromatic carbocycles. The van der Waals surface area contributed by atoms with Gasteiger partial charge in [-0.2, -0.15) is 0 Å². The molecule has 2 aromatic rings. The maximum Gasteiger partial charge on any atom is 0.322 e. The third-order valence-corrected chi connectivity index (χ3v) is 2.31. The van der Waals surface area contributed by atoms with E-state index in [1.165, 1.54) is 24.4 Å². The minimum absolute atomic E-state index is 0.266. The molecule has 88 valence electrons. The van der Waals surface area contributed by atoms with Crippen LogP contribution < -0.4 is 11.1 Å². The Bertz CT molecular complexity index is 586. The Morgan fingerprint density at radius 3 is 2.94 bits per heavy atom. The van der Waals surface area contributed by atoms with Crippen LogP contribution in [0.3, 0.4) is 0 Å². The van der Waals surface area contributed by atoms with Crippen molar-refractivity contribution in [2.24, 2.45) is 0 Å². The van der Waals surface area contributed by atoms with Gasteiger partial charge in [-0.25, -0.2) is 9.37 Å². The molecular weight excluding hydrogens is 225 g/mol. The molecule has 1 heterocycles. The zero-order chi connectivity index (χ0) is 12.4. The smallest absolute Gasteiger partial charge is 0.322 e. The summed E-state index contributed by atoms with van der Waals surface area (Å²) in [6, 6.07) is 4.18. The first-order valence-corrected chi connectivity index (χ1v) is 4.88. The number of carbonyl (C=O) groups is 1. The Balaban J connectivity index is 2.56. The van der Waals surface area contributed by atoms with Crippen LogP contribution in [0.5, 0.6) is 0 Å². The van der Waals surface area contributed by atoms with Gasteiger partial charge in [0, 0.05) is 17.3 Å².